The average molecular weight is 429 g/mol. The van der Waals surface area contributed by atoms with Gasteiger partial charge >= 0.3 is 5.97 Å². The summed E-state index contributed by atoms with van der Waals surface area (Å²) in [5, 5.41) is 0. The van der Waals surface area contributed by atoms with Gasteiger partial charge in [0.15, 0.2) is 0 Å². The van der Waals surface area contributed by atoms with E-state index in [1.807, 2.05) is 0 Å². The smallest absolute Gasteiger partial charge is 0.305 e. The molecule has 0 bridgehead atoms. The van der Waals surface area contributed by atoms with Gasteiger partial charge in [-0.15, -0.1) is 0 Å². The van der Waals surface area contributed by atoms with Crippen molar-refractivity contribution in [3.05, 3.63) is 0 Å². The summed E-state index contributed by atoms with van der Waals surface area (Å²) in [4.78, 5) is 11.7. The van der Waals surface area contributed by atoms with Crippen molar-refractivity contribution < 1.29 is 19.0 Å². The van der Waals surface area contributed by atoms with Gasteiger partial charge in [-0.25, -0.2) is 0 Å². The third kappa shape index (κ3) is 25.4. The van der Waals surface area contributed by atoms with Crippen LogP contribution in [0, 0.1) is 0 Å². The highest BCUT2D eigenvalue weighted by Crippen LogP contribution is 2.12. The number of rotatable bonds is 25. The molecular weight excluding hydrogens is 376 g/mol. The van der Waals surface area contributed by atoms with Gasteiger partial charge in [0.1, 0.15) is 0 Å². The minimum Gasteiger partial charge on any atom is -0.466 e. The van der Waals surface area contributed by atoms with Gasteiger partial charge in [-0.3, -0.25) is 4.79 Å². The van der Waals surface area contributed by atoms with E-state index in [2.05, 4.69) is 13.8 Å². The molecule has 0 saturated carbocycles. The largest absolute Gasteiger partial charge is 0.466 e. The van der Waals surface area contributed by atoms with Gasteiger partial charge in [-0.2, -0.15) is 0 Å². The number of ether oxygens (including phenoxy) is 3. The molecule has 0 aliphatic carbocycles. The Morgan fingerprint density at radius 3 is 1.40 bits per heavy atom. The Morgan fingerprint density at radius 2 is 0.867 bits per heavy atom. The molecule has 0 fully saturated rings. The first-order chi connectivity index (χ1) is 14.8. The predicted octanol–water partition coefficient (Wildman–Crippen LogP) is 7.62. The number of esters is 1. The summed E-state index contributed by atoms with van der Waals surface area (Å²) >= 11 is 0. The molecule has 0 N–H and O–H groups in total. The highest BCUT2D eigenvalue weighted by atomic mass is 16.5. The average Bonchev–Trinajstić information content (AvgIpc) is 2.75. The maximum atomic E-state index is 11.7. The number of carbonyl (C=O) groups excluding carboxylic acids is 1. The Balaban J connectivity index is 3.13. The van der Waals surface area contributed by atoms with E-state index in [9.17, 15) is 4.79 Å². The molecule has 30 heavy (non-hydrogen) atoms. The van der Waals surface area contributed by atoms with Crippen molar-refractivity contribution in [2.45, 2.75) is 129 Å². The van der Waals surface area contributed by atoms with Crippen LogP contribution in [0.5, 0.6) is 0 Å². The molecule has 0 radical (unpaired) electrons. The second-order valence-corrected chi connectivity index (χ2v) is 8.50. The van der Waals surface area contributed by atoms with E-state index in [1.54, 1.807) is 0 Å². The van der Waals surface area contributed by atoms with Crippen LogP contribution >= 0.6 is 0 Å². The standard InChI is InChI=1S/C26H52O4/c1-3-5-7-9-10-11-12-13-14-15-16-20-26(27)30-23-19-18-22-29-25-24-28-21-17-8-6-4-2/h3-25H2,1-2H3. The van der Waals surface area contributed by atoms with Crippen LogP contribution in [-0.4, -0.2) is 39.0 Å². The Morgan fingerprint density at radius 1 is 0.467 bits per heavy atom. The zero-order valence-electron chi connectivity index (χ0n) is 20.4. The number of hydrogen-bond donors (Lipinski definition) is 0. The molecule has 4 nitrogen and oxygen atoms in total. The molecule has 0 aromatic rings. The molecule has 0 aliphatic rings. The van der Waals surface area contributed by atoms with Crippen molar-refractivity contribution in [2.75, 3.05) is 33.0 Å². The normalized spacial score (nSPS) is 11.1. The van der Waals surface area contributed by atoms with Crippen LogP contribution in [-0.2, 0) is 19.0 Å². The van der Waals surface area contributed by atoms with Crippen LogP contribution in [0.4, 0.5) is 0 Å². The Labute approximate surface area is 187 Å². The second kappa shape index (κ2) is 26.4. The van der Waals surface area contributed by atoms with E-state index in [0.29, 0.717) is 26.2 Å². The molecule has 0 heterocycles. The maximum absolute atomic E-state index is 11.7. The van der Waals surface area contributed by atoms with E-state index >= 15 is 0 Å². The number of unbranched alkanes of at least 4 members (excludes halogenated alkanes) is 14. The van der Waals surface area contributed by atoms with Crippen molar-refractivity contribution in [2.24, 2.45) is 0 Å². The van der Waals surface area contributed by atoms with E-state index < -0.39 is 0 Å². The van der Waals surface area contributed by atoms with Gasteiger partial charge in [-0.05, 0) is 25.7 Å². The molecule has 4 heteroatoms. The molecule has 0 spiro atoms. The molecule has 0 aromatic carbocycles. The lowest BCUT2D eigenvalue weighted by Crippen LogP contribution is -2.08. The molecule has 180 valence electrons. The Kier molecular flexibility index (Phi) is 25.9. The van der Waals surface area contributed by atoms with Gasteiger partial charge in [0.05, 0.1) is 19.8 Å². The molecule has 0 unspecified atom stereocenters. The number of carbonyl (C=O) groups is 1. The topological polar surface area (TPSA) is 44.8 Å². The van der Waals surface area contributed by atoms with Crippen molar-refractivity contribution in [3.8, 4) is 0 Å². The van der Waals surface area contributed by atoms with Gasteiger partial charge in [0.25, 0.3) is 0 Å². The summed E-state index contributed by atoms with van der Waals surface area (Å²) in [5.41, 5.74) is 0. The molecule has 0 rings (SSSR count). The predicted molar refractivity (Wildman–Crippen MR) is 127 cm³/mol. The first-order valence-electron chi connectivity index (χ1n) is 13.1. The summed E-state index contributed by atoms with van der Waals surface area (Å²) in [5.74, 6) is -0.0386. The first-order valence-corrected chi connectivity index (χ1v) is 13.1. The molecule has 0 aliphatic heterocycles. The van der Waals surface area contributed by atoms with Gasteiger partial charge < -0.3 is 14.2 Å². The van der Waals surface area contributed by atoms with Crippen LogP contribution < -0.4 is 0 Å². The minimum atomic E-state index is -0.0386. The van der Waals surface area contributed by atoms with Gasteiger partial charge in [0, 0.05) is 19.6 Å². The van der Waals surface area contributed by atoms with Crippen LogP contribution in [0.2, 0.25) is 0 Å². The highest BCUT2D eigenvalue weighted by molar-refractivity contribution is 5.69. The van der Waals surface area contributed by atoms with Crippen LogP contribution in [0.3, 0.4) is 0 Å². The van der Waals surface area contributed by atoms with E-state index in [4.69, 9.17) is 14.2 Å². The lowest BCUT2D eigenvalue weighted by Gasteiger charge is -2.07. The SMILES string of the molecule is CCCCCCCCCCCCCC(=O)OCCCCOCCOCCCCCC. The molecule has 0 amide bonds. The summed E-state index contributed by atoms with van der Waals surface area (Å²) < 4.78 is 16.4. The Hall–Kier alpha value is -0.610. The summed E-state index contributed by atoms with van der Waals surface area (Å²) in [7, 11) is 0. The zero-order valence-corrected chi connectivity index (χ0v) is 20.4. The lowest BCUT2D eigenvalue weighted by molar-refractivity contribution is -0.144. The van der Waals surface area contributed by atoms with Gasteiger partial charge in [-0.1, -0.05) is 97.3 Å². The van der Waals surface area contributed by atoms with E-state index in [1.165, 1.54) is 77.0 Å². The van der Waals surface area contributed by atoms with Crippen molar-refractivity contribution >= 4 is 5.97 Å². The van der Waals surface area contributed by atoms with Crippen molar-refractivity contribution in [1.29, 1.82) is 0 Å². The lowest BCUT2D eigenvalue weighted by atomic mass is 10.1. The van der Waals surface area contributed by atoms with Crippen LogP contribution in [0.15, 0.2) is 0 Å². The molecule has 0 atom stereocenters. The summed E-state index contributed by atoms with van der Waals surface area (Å²) in [6.07, 6.45) is 21.7. The van der Waals surface area contributed by atoms with Crippen LogP contribution in [0.25, 0.3) is 0 Å². The molecule has 0 saturated heterocycles. The first kappa shape index (κ1) is 29.4. The highest BCUT2D eigenvalue weighted by Gasteiger charge is 2.02. The van der Waals surface area contributed by atoms with Crippen molar-refractivity contribution in [3.63, 3.8) is 0 Å². The molecular formula is C26H52O4. The fourth-order valence-electron chi connectivity index (χ4n) is 3.45. The summed E-state index contributed by atoms with van der Waals surface area (Å²) in [6.45, 7) is 7.91. The molecule has 0 aromatic heterocycles. The van der Waals surface area contributed by atoms with E-state index in [-0.39, 0.29) is 5.97 Å². The van der Waals surface area contributed by atoms with Gasteiger partial charge in [0.2, 0.25) is 0 Å². The number of hydrogen-bond acceptors (Lipinski definition) is 4. The van der Waals surface area contributed by atoms with Crippen LogP contribution in [0.1, 0.15) is 129 Å². The minimum absolute atomic E-state index is 0.0386. The fourth-order valence-corrected chi connectivity index (χ4v) is 3.45. The Bertz CT molecular complexity index is 333. The van der Waals surface area contributed by atoms with E-state index in [0.717, 1.165) is 45.3 Å². The second-order valence-electron chi connectivity index (χ2n) is 8.50. The zero-order chi connectivity index (χ0) is 22.0. The third-order valence-corrected chi connectivity index (χ3v) is 5.44. The fraction of sp³-hybridized carbons (Fsp3) is 0.962. The monoisotopic (exact) mass is 428 g/mol. The third-order valence-electron chi connectivity index (χ3n) is 5.44. The summed E-state index contributed by atoms with van der Waals surface area (Å²) in [6, 6.07) is 0. The maximum Gasteiger partial charge on any atom is 0.305 e. The quantitative estimate of drug-likeness (QED) is 0.111. The van der Waals surface area contributed by atoms with Crippen molar-refractivity contribution in [1.82, 2.24) is 0 Å².